The average Bonchev–Trinajstić information content (AvgIpc) is 1.67. The van der Waals surface area contributed by atoms with E-state index in [-0.39, 0.29) is 0 Å². The van der Waals surface area contributed by atoms with Crippen molar-refractivity contribution in [2.24, 2.45) is 5.73 Å². The van der Waals surface area contributed by atoms with Gasteiger partial charge in [-0.2, -0.15) is 0 Å². The SMILES string of the molecule is NC(C[CH2][AlH2])C(=O)O. The van der Waals surface area contributed by atoms with Crippen molar-refractivity contribution in [3.63, 3.8) is 0 Å². The first-order valence-corrected chi connectivity index (χ1v) is 4.08. The van der Waals surface area contributed by atoms with Gasteiger partial charge in [0.25, 0.3) is 0 Å². The van der Waals surface area contributed by atoms with Crippen LogP contribution < -0.4 is 5.73 Å². The number of aliphatic carboxylic acids is 1. The molecule has 0 spiro atoms. The van der Waals surface area contributed by atoms with E-state index in [1.165, 1.54) is 0 Å². The van der Waals surface area contributed by atoms with Crippen molar-refractivity contribution in [1.82, 2.24) is 0 Å². The normalized spacial score (nSPS) is 13.1. The molecule has 1 unspecified atom stereocenters. The van der Waals surface area contributed by atoms with Crippen LogP contribution in [0.5, 0.6) is 0 Å². The predicted molar refractivity (Wildman–Crippen MR) is 33.6 cm³/mol. The molecule has 0 aliphatic carbocycles. The van der Waals surface area contributed by atoms with Gasteiger partial charge in [0.15, 0.2) is 0 Å². The fraction of sp³-hybridized carbons (Fsp3) is 0.750. The number of hydrogen-bond acceptors (Lipinski definition) is 2. The van der Waals surface area contributed by atoms with Crippen LogP contribution in [0.15, 0.2) is 0 Å². The summed E-state index contributed by atoms with van der Waals surface area (Å²) in [6, 6.07) is -0.632. The van der Waals surface area contributed by atoms with Gasteiger partial charge < -0.3 is 10.8 Å². The lowest BCUT2D eigenvalue weighted by atomic mass is 10.2. The molecule has 8 heavy (non-hydrogen) atoms. The van der Waals surface area contributed by atoms with Crippen LogP contribution in [0.4, 0.5) is 0 Å². The first kappa shape index (κ1) is 7.96. The van der Waals surface area contributed by atoms with Gasteiger partial charge in [-0.05, 0) is 6.42 Å². The minimum Gasteiger partial charge on any atom is -0.480 e. The molecule has 0 fully saturated rings. The minimum absolute atomic E-state index is 0.627. The van der Waals surface area contributed by atoms with Gasteiger partial charge in [0, 0.05) is 0 Å². The Labute approximate surface area is 56.3 Å². The maximum absolute atomic E-state index is 9.98. The number of nitrogens with two attached hydrogens (primary N) is 1. The molecule has 0 rings (SSSR count). The summed E-state index contributed by atoms with van der Waals surface area (Å²) >= 11 is 1.04. The summed E-state index contributed by atoms with van der Waals surface area (Å²) < 4.78 is 0. The molecule has 0 aromatic heterocycles. The Kier molecular flexibility index (Phi) is 3.89. The molecule has 0 bridgehead atoms. The van der Waals surface area contributed by atoms with Gasteiger partial charge in [-0.25, -0.2) is 0 Å². The molecule has 0 saturated heterocycles. The van der Waals surface area contributed by atoms with Crippen molar-refractivity contribution in [3.8, 4) is 0 Å². The van der Waals surface area contributed by atoms with Crippen molar-refractivity contribution in [1.29, 1.82) is 0 Å². The highest BCUT2D eigenvalue weighted by molar-refractivity contribution is 6.08. The van der Waals surface area contributed by atoms with E-state index in [0.29, 0.717) is 6.42 Å². The van der Waals surface area contributed by atoms with Crippen LogP contribution in [0, 0.1) is 0 Å². The van der Waals surface area contributed by atoms with E-state index in [2.05, 4.69) is 0 Å². The van der Waals surface area contributed by atoms with Crippen LogP contribution in [0.25, 0.3) is 0 Å². The maximum atomic E-state index is 9.98. The van der Waals surface area contributed by atoms with Gasteiger partial charge in [0.1, 0.15) is 6.04 Å². The Morgan fingerprint density at radius 1 is 1.88 bits per heavy atom. The van der Waals surface area contributed by atoms with Crippen LogP contribution in [-0.4, -0.2) is 33.4 Å². The summed E-state index contributed by atoms with van der Waals surface area (Å²) in [6.45, 7) is 0. The highest BCUT2D eigenvalue weighted by Gasteiger charge is 2.07. The third-order valence-corrected chi connectivity index (χ3v) is 1.49. The Morgan fingerprint density at radius 2 is 2.38 bits per heavy atom. The van der Waals surface area contributed by atoms with Crippen molar-refractivity contribution in [2.45, 2.75) is 17.7 Å². The van der Waals surface area contributed by atoms with E-state index >= 15 is 0 Å². The van der Waals surface area contributed by atoms with E-state index in [4.69, 9.17) is 10.8 Å². The zero-order valence-electron chi connectivity index (χ0n) is 4.92. The van der Waals surface area contributed by atoms with Gasteiger partial charge in [-0.1, -0.05) is 5.28 Å². The lowest BCUT2D eigenvalue weighted by Crippen LogP contribution is -2.29. The van der Waals surface area contributed by atoms with E-state index < -0.39 is 12.0 Å². The Morgan fingerprint density at radius 3 is 2.50 bits per heavy atom. The second kappa shape index (κ2) is 3.90. The molecule has 0 aliphatic heterocycles. The Bertz CT molecular complexity index is 86.1. The Balaban J connectivity index is 3.32. The minimum atomic E-state index is -0.888. The lowest BCUT2D eigenvalue weighted by molar-refractivity contribution is -0.138. The molecule has 0 saturated carbocycles. The van der Waals surface area contributed by atoms with Crippen LogP contribution >= 0.6 is 0 Å². The highest BCUT2D eigenvalue weighted by Crippen LogP contribution is 1.89. The van der Waals surface area contributed by atoms with Gasteiger partial charge >= 0.3 is 5.97 Å². The Hall–Kier alpha value is -0.0375. The zero-order valence-corrected chi connectivity index (χ0v) is 6.92. The molecule has 46 valence electrons. The lowest BCUT2D eigenvalue weighted by Gasteiger charge is -2.00. The van der Waals surface area contributed by atoms with Crippen LogP contribution in [-0.2, 0) is 4.79 Å². The second-order valence-electron chi connectivity index (χ2n) is 1.73. The van der Waals surface area contributed by atoms with E-state index in [0.717, 1.165) is 21.6 Å². The van der Waals surface area contributed by atoms with E-state index in [9.17, 15) is 4.79 Å². The topological polar surface area (TPSA) is 63.3 Å². The second-order valence-corrected chi connectivity index (χ2v) is 2.73. The summed E-state index contributed by atoms with van der Waals surface area (Å²) in [5.74, 6) is -0.888. The highest BCUT2D eigenvalue weighted by atomic mass is 27.0. The first-order valence-electron chi connectivity index (χ1n) is 2.67. The third kappa shape index (κ3) is 3.03. The molecule has 3 N–H and O–H groups in total. The van der Waals surface area contributed by atoms with E-state index in [1.807, 2.05) is 0 Å². The molecule has 1 atom stereocenters. The molecule has 0 aromatic carbocycles. The molecular formula is C4H10AlNO2. The molecule has 4 heteroatoms. The smallest absolute Gasteiger partial charge is 0.320 e. The molecule has 0 aromatic rings. The fourth-order valence-electron chi connectivity index (χ4n) is 0.434. The summed E-state index contributed by atoms with van der Waals surface area (Å²) in [6.07, 6.45) is 0.627. The number of carboxylic acids is 1. The van der Waals surface area contributed by atoms with Gasteiger partial charge in [-0.15, -0.1) is 0 Å². The monoisotopic (exact) mass is 131 g/mol. The predicted octanol–water partition coefficient (Wildman–Crippen LogP) is -1.16. The number of hydrogen-bond donors (Lipinski definition) is 2. The van der Waals surface area contributed by atoms with Gasteiger partial charge in [0.05, 0.1) is 0 Å². The number of carbonyl (C=O) groups is 1. The average molecular weight is 131 g/mol. The van der Waals surface area contributed by atoms with Crippen molar-refractivity contribution < 1.29 is 9.90 Å². The zero-order chi connectivity index (χ0) is 6.57. The van der Waals surface area contributed by atoms with E-state index in [1.54, 1.807) is 0 Å². The number of rotatable bonds is 3. The maximum Gasteiger partial charge on any atom is 0.320 e. The van der Waals surface area contributed by atoms with Gasteiger partial charge in [-0.3, -0.25) is 4.79 Å². The van der Waals surface area contributed by atoms with Crippen LogP contribution in [0.2, 0.25) is 5.28 Å². The third-order valence-electron chi connectivity index (χ3n) is 0.917. The molecule has 0 heterocycles. The van der Waals surface area contributed by atoms with Crippen molar-refractivity contribution in [2.75, 3.05) is 0 Å². The molecular weight excluding hydrogens is 121 g/mol. The summed E-state index contributed by atoms with van der Waals surface area (Å²) in [5.41, 5.74) is 5.15. The molecule has 3 nitrogen and oxygen atoms in total. The summed E-state index contributed by atoms with van der Waals surface area (Å²) in [7, 11) is 0. The molecule has 0 radical (unpaired) electrons. The van der Waals surface area contributed by atoms with Crippen LogP contribution in [0.1, 0.15) is 6.42 Å². The standard InChI is InChI=1S/C4H8NO2.Al.2H/c1-2-3(5)4(6)7;;;/h3H,1-2,5H2,(H,6,7);;;. The summed E-state index contributed by atoms with van der Waals surface area (Å²) in [5, 5.41) is 9.17. The first-order chi connectivity index (χ1) is 3.68. The largest absolute Gasteiger partial charge is 0.480 e. The van der Waals surface area contributed by atoms with Crippen molar-refractivity contribution in [3.05, 3.63) is 0 Å². The van der Waals surface area contributed by atoms with Gasteiger partial charge in [0.2, 0.25) is 16.3 Å². The molecule has 0 amide bonds. The molecule has 0 aliphatic rings. The van der Waals surface area contributed by atoms with Crippen LogP contribution in [0.3, 0.4) is 0 Å². The summed E-state index contributed by atoms with van der Waals surface area (Å²) in [4.78, 5) is 9.98. The number of carboxylic acid groups (broad SMARTS) is 1. The van der Waals surface area contributed by atoms with Crippen molar-refractivity contribution >= 4 is 22.3 Å². The fourth-order valence-corrected chi connectivity index (χ4v) is 1.06. The quantitative estimate of drug-likeness (QED) is 0.475.